The van der Waals surface area contributed by atoms with Crippen LogP contribution in [-0.2, 0) is 32.1 Å². The fraction of sp³-hybridized carbons (Fsp3) is 0.292. The zero-order valence-corrected chi connectivity index (χ0v) is 18.8. The fourth-order valence-corrected chi connectivity index (χ4v) is 5.07. The summed E-state index contributed by atoms with van der Waals surface area (Å²) >= 11 is 1.40. The number of amides is 2. The highest BCUT2D eigenvalue weighted by Crippen LogP contribution is 2.40. The summed E-state index contributed by atoms with van der Waals surface area (Å²) in [5, 5.41) is 12.1. The lowest BCUT2D eigenvalue weighted by Gasteiger charge is -2.49. The topological polar surface area (TPSA) is 105 Å². The maximum atomic E-state index is 12.9. The Labute approximate surface area is 195 Å². The number of hydrogen-bond acceptors (Lipinski definition) is 7. The molecule has 0 radical (unpaired) electrons. The number of carbonyl (C=O) groups excluding carboxylic acids is 3. The molecule has 0 saturated carbocycles. The number of fused-ring (bicyclic) bond motifs is 1. The summed E-state index contributed by atoms with van der Waals surface area (Å²) in [5.41, 5.74) is 2.10. The quantitative estimate of drug-likeness (QED) is 0.448. The highest BCUT2D eigenvalue weighted by atomic mass is 32.2. The van der Waals surface area contributed by atoms with Crippen LogP contribution in [0.5, 0.6) is 5.75 Å². The van der Waals surface area contributed by atoms with E-state index >= 15 is 0 Å². The molecule has 9 heteroatoms. The van der Waals surface area contributed by atoms with Crippen molar-refractivity contribution >= 4 is 29.5 Å². The number of methoxy groups -OCH3 is 1. The van der Waals surface area contributed by atoms with Gasteiger partial charge >= 0.3 is 5.97 Å². The van der Waals surface area contributed by atoms with Crippen molar-refractivity contribution in [2.45, 2.75) is 24.4 Å². The van der Waals surface area contributed by atoms with Gasteiger partial charge in [-0.3, -0.25) is 14.5 Å². The largest absolute Gasteiger partial charge is 0.497 e. The van der Waals surface area contributed by atoms with E-state index in [0.717, 1.165) is 11.1 Å². The maximum Gasteiger partial charge on any atom is 0.355 e. The van der Waals surface area contributed by atoms with Crippen LogP contribution >= 0.6 is 11.8 Å². The molecule has 1 saturated heterocycles. The number of β-lactam (4-membered cyclic amide) rings is 1. The van der Waals surface area contributed by atoms with Gasteiger partial charge in [0.15, 0.2) is 0 Å². The molecular formula is C24H24N2O6S. The first-order valence-electron chi connectivity index (χ1n) is 10.4. The highest BCUT2D eigenvalue weighted by Gasteiger charge is 2.54. The molecule has 2 amide bonds. The average molecular weight is 469 g/mol. The van der Waals surface area contributed by atoms with Gasteiger partial charge in [-0.25, -0.2) is 4.79 Å². The van der Waals surface area contributed by atoms with Crippen molar-refractivity contribution in [3.8, 4) is 5.75 Å². The molecule has 0 aromatic heterocycles. The van der Waals surface area contributed by atoms with E-state index < -0.39 is 23.3 Å². The molecular weight excluding hydrogens is 444 g/mol. The predicted molar refractivity (Wildman–Crippen MR) is 122 cm³/mol. The first kappa shape index (κ1) is 22.9. The zero-order chi connectivity index (χ0) is 23.4. The number of ether oxygens (including phenoxy) is 2. The Morgan fingerprint density at radius 2 is 1.85 bits per heavy atom. The van der Waals surface area contributed by atoms with Gasteiger partial charge in [-0.05, 0) is 28.8 Å². The van der Waals surface area contributed by atoms with Crippen LogP contribution in [0.25, 0.3) is 0 Å². The molecule has 33 heavy (non-hydrogen) atoms. The second kappa shape index (κ2) is 10.1. The fourth-order valence-electron chi connectivity index (χ4n) is 3.74. The first-order valence-corrected chi connectivity index (χ1v) is 11.5. The first-order chi connectivity index (χ1) is 16.0. The van der Waals surface area contributed by atoms with Crippen molar-refractivity contribution < 1.29 is 29.0 Å². The Morgan fingerprint density at radius 3 is 2.52 bits per heavy atom. The summed E-state index contributed by atoms with van der Waals surface area (Å²) in [5.74, 6) is -0.281. The van der Waals surface area contributed by atoms with Crippen LogP contribution < -0.4 is 10.1 Å². The van der Waals surface area contributed by atoms with Crippen molar-refractivity contribution in [2.75, 3.05) is 19.5 Å². The Balaban J connectivity index is 1.41. The van der Waals surface area contributed by atoms with E-state index in [-0.39, 0.29) is 31.2 Å². The third-order valence-corrected chi connectivity index (χ3v) is 6.82. The van der Waals surface area contributed by atoms with Gasteiger partial charge in [-0.15, -0.1) is 11.8 Å². The minimum Gasteiger partial charge on any atom is -0.497 e. The summed E-state index contributed by atoms with van der Waals surface area (Å²) < 4.78 is 10.5. The van der Waals surface area contributed by atoms with Crippen LogP contribution in [0.4, 0.5) is 0 Å². The summed E-state index contributed by atoms with van der Waals surface area (Å²) in [6.45, 7) is -0.344. The Morgan fingerprint density at radius 1 is 1.12 bits per heavy atom. The number of aliphatic hydroxyl groups excluding tert-OH is 1. The van der Waals surface area contributed by atoms with Crippen molar-refractivity contribution in [1.29, 1.82) is 0 Å². The van der Waals surface area contributed by atoms with Gasteiger partial charge in [0.05, 0.1) is 20.1 Å². The molecule has 2 heterocycles. The molecule has 2 atom stereocenters. The third-order valence-electron chi connectivity index (χ3n) is 5.48. The third kappa shape index (κ3) is 4.89. The van der Waals surface area contributed by atoms with E-state index in [2.05, 4.69) is 5.32 Å². The maximum absolute atomic E-state index is 12.9. The van der Waals surface area contributed by atoms with Crippen molar-refractivity contribution in [1.82, 2.24) is 10.2 Å². The molecule has 0 spiro atoms. The van der Waals surface area contributed by atoms with Crippen LogP contribution in [0.15, 0.2) is 65.9 Å². The molecule has 0 bridgehead atoms. The standard InChI is InChI=1S/C24H24N2O6S/c1-31-18-9-7-16(8-10-18)13-32-24(30)21-17(12-27)14-33-23-20(22(29)26(21)23)25-19(28)11-15-5-3-2-4-6-15/h2-10,20,23,27H,11-14H2,1H3,(H,25,28). The van der Waals surface area contributed by atoms with E-state index in [0.29, 0.717) is 17.1 Å². The number of nitrogens with zero attached hydrogens (tertiary/aromatic N) is 1. The normalized spacial score (nSPS) is 19.5. The number of carbonyl (C=O) groups is 3. The number of nitrogens with one attached hydrogen (secondary N) is 1. The number of rotatable bonds is 8. The number of esters is 1. The van der Waals surface area contributed by atoms with E-state index in [1.54, 1.807) is 31.4 Å². The number of hydrogen-bond donors (Lipinski definition) is 2. The summed E-state index contributed by atoms with van der Waals surface area (Å²) in [7, 11) is 1.57. The molecule has 172 valence electrons. The van der Waals surface area contributed by atoms with Crippen molar-refractivity contribution in [2.24, 2.45) is 0 Å². The number of benzene rings is 2. The lowest BCUT2D eigenvalue weighted by molar-refractivity contribution is -0.153. The van der Waals surface area contributed by atoms with Crippen LogP contribution in [0.3, 0.4) is 0 Å². The molecule has 0 aliphatic carbocycles. The Hall–Kier alpha value is -3.30. The minimum atomic E-state index is -0.726. The van der Waals surface area contributed by atoms with Gasteiger partial charge in [0.25, 0.3) is 5.91 Å². The molecule has 4 rings (SSSR count). The van der Waals surface area contributed by atoms with Crippen LogP contribution in [0.2, 0.25) is 0 Å². The van der Waals surface area contributed by atoms with Gasteiger partial charge in [0.1, 0.15) is 29.5 Å². The molecule has 2 unspecified atom stereocenters. The van der Waals surface area contributed by atoms with Crippen molar-refractivity contribution in [3.05, 3.63) is 77.0 Å². The molecule has 2 N–H and O–H groups in total. The van der Waals surface area contributed by atoms with E-state index in [1.165, 1.54) is 16.7 Å². The highest BCUT2D eigenvalue weighted by molar-refractivity contribution is 8.00. The molecule has 2 aliphatic heterocycles. The van der Waals surface area contributed by atoms with Gasteiger partial charge in [0, 0.05) is 5.75 Å². The van der Waals surface area contributed by atoms with Crippen LogP contribution in [0.1, 0.15) is 11.1 Å². The second-order valence-electron chi connectivity index (χ2n) is 7.65. The van der Waals surface area contributed by atoms with Crippen molar-refractivity contribution in [3.63, 3.8) is 0 Å². The summed E-state index contributed by atoms with van der Waals surface area (Å²) in [4.78, 5) is 39.5. The average Bonchev–Trinajstić information content (AvgIpc) is 2.85. The Bertz CT molecular complexity index is 1070. The molecule has 2 aliphatic rings. The molecule has 2 aromatic carbocycles. The second-order valence-corrected chi connectivity index (χ2v) is 8.76. The van der Waals surface area contributed by atoms with Crippen LogP contribution in [0, 0.1) is 0 Å². The lowest BCUT2D eigenvalue weighted by atomic mass is 10.0. The smallest absolute Gasteiger partial charge is 0.355 e. The zero-order valence-electron chi connectivity index (χ0n) is 18.0. The number of aliphatic hydroxyl groups is 1. The SMILES string of the molecule is COc1ccc(COC(=O)C2=C(CO)CSC3C(NC(=O)Cc4ccccc4)C(=O)N23)cc1. The van der Waals surface area contributed by atoms with E-state index in [1.807, 2.05) is 30.3 Å². The minimum absolute atomic E-state index is 0.0160. The number of thioether (sulfide) groups is 1. The van der Waals surface area contributed by atoms with Gasteiger partial charge in [0.2, 0.25) is 5.91 Å². The van der Waals surface area contributed by atoms with Gasteiger partial charge in [-0.1, -0.05) is 42.5 Å². The molecule has 1 fully saturated rings. The van der Waals surface area contributed by atoms with E-state index in [9.17, 15) is 19.5 Å². The lowest BCUT2D eigenvalue weighted by Crippen LogP contribution is -2.70. The predicted octanol–water partition coefficient (Wildman–Crippen LogP) is 1.63. The summed E-state index contributed by atoms with van der Waals surface area (Å²) in [6.07, 6.45) is 0.163. The molecule has 8 nitrogen and oxygen atoms in total. The van der Waals surface area contributed by atoms with E-state index in [4.69, 9.17) is 9.47 Å². The van der Waals surface area contributed by atoms with Gasteiger partial charge in [-0.2, -0.15) is 0 Å². The summed E-state index contributed by atoms with van der Waals surface area (Å²) in [6, 6.07) is 15.6. The van der Waals surface area contributed by atoms with Crippen LogP contribution in [-0.4, -0.2) is 58.7 Å². The van der Waals surface area contributed by atoms with Gasteiger partial charge < -0.3 is 19.9 Å². The molecule has 2 aromatic rings. The Kier molecular flexibility index (Phi) is 7.00. The monoisotopic (exact) mass is 468 g/mol.